The highest BCUT2D eigenvalue weighted by Gasteiger charge is 2.26. The van der Waals surface area contributed by atoms with Crippen LogP contribution in [0.1, 0.15) is 33.1 Å². The lowest BCUT2D eigenvalue weighted by Crippen LogP contribution is -2.41. The summed E-state index contributed by atoms with van der Waals surface area (Å²) in [5, 5.41) is 8.73. The number of allylic oxidation sites excluding steroid dienone is 2. The molecule has 0 aromatic rings. The van der Waals surface area contributed by atoms with E-state index >= 15 is 0 Å². The highest BCUT2D eigenvalue weighted by Crippen LogP contribution is 2.27. The van der Waals surface area contributed by atoms with E-state index in [1.54, 1.807) is 7.11 Å². The van der Waals surface area contributed by atoms with Crippen molar-refractivity contribution in [1.82, 2.24) is 15.7 Å². The van der Waals surface area contributed by atoms with Crippen LogP contribution in [0.2, 0.25) is 0 Å². The Morgan fingerprint density at radius 1 is 1.40 bits per heavy atom. The number of methoxy groups -OCH3 is 1. The number of rotatable bonds is 5. The van der Waals surface area contributed by atoms with Crippen LogP contribution in [0, 0.1) is 0 Å². The van der Waals surface area contributed by atoms with Gasteiger partial charge in [-0.25, -0.2) is 5.06 Å². The van der Waals surface area contributed by atoms with Crippen molar-refractivity contribution < 1.29 is 9.57 Å². The van der Waals surface area contributed by atoms with Crippen molar-refractivity contribution >= 4 is 0 Å². The predicted octanol–water partition coefficient (Wildman–Crippen LogP) is 1.75. The Labute approximate surface area is 121 Å². The summed E-state index contributed by atoms with van der Waals surface area (Å²) in [5.74, 6) is 1.96. The first-order chi connectivity index (χ1) is 9.65. The maximum atomic E-state index is 6.04. The van der Waals surface area contributed by atoms with Gasteiger partial charge in [0, 0.05) is 25.2 Å². The molecule has 0 aromatic carbocycles. The number of ether oxygens (including phenoxy) is 1. The van der Waals surface area contributed by atoms with Gasteiger partial charge in [-0.15, -0.1) is 0 Å². The molecule has 5 heteroatoms. The van der Waals surface area contributed by atoms with Gasteiger partial charge in [-0.3, -0.25) is 4.84 Å². The maximum absolute atomic E-state index is 6.04. The molecule has 2 atom stereocenters. The van der Waals surface area contributed by atoms with Crippen molar-refractivity contribution in [3.05, 3.63) is 23.2 Å². The topological polar surface area (TPSA) is 45.8 Å². The van der Waals surface area contributed by atoms with Crippen molar-refractivity contribution in [1.29, 1.82) is 0 Å². The Morgan fingerprint density at radius 2 is 2.20 bits per heavy atom. The molecule has 20 heavy (non-hydrogen) atoms. The molecule has 2 N–H and O–H groups in total. The zero-order chi connectivity index (χ0) is 14.5. The minimum absolute atomic E-state index is 0.254. The normalized spacial score (nSPS) is 27.5. The molecule has 5 nitrogen and oxygen atoms in total. The second-order valence-corrected chi connectivity index (χ2v) is 5.49. The van der Waals surface area contributed by atoms with Gasteiger partial charge >= 0.3 is 0 Å². The fourth-order valence-electron chi connectivity index (χ4n) is 2.80. The molecule has 1 saturated heterocycles. The van der Waals surface area contributed by atoms with E-state index in [0.717, 1.165) is 43.9 Å². The SMILES string of the molecule is C/C=C(/OC)C1=C(N(C)O[C@@H]2CCNC2)NC(C)CC1. The quantitative estimate of drug-likeness (QED) is 0.594. The lowest BCUT2D eigenvalue weighted by atomic mass is 10.00. The smallest absolute Gasteiger partial charge is 0.133 e. The lowest BCUT2D eigenvalue weighted by Gasteiger charge is -2.34. The molecule has 114 valence electrons. The monoisotopic (exact) mass is 281 g/mol. The maximum Gasteiger partial charge on any atom is 0.133 e. The highest BCUT2D eigenvalue weighted by atomic mass is 16.7. The third-order valence-corrected chi connectivity index (χ3v) is 3.91. The van der Waals surface area contributed by atoms with E-state index < -0.39 is 0 Å². The lowest BCUT2D eigenvalue weighted by molar-refractivity contribution is -0.156. The summed E-state index contributed by atoms with van der Waals surface area (Å²) >= 11 is 0. The van der Waals surface area contributed by atoms with E-state index in [-0.39, 0.29) is 6.10 Å². The molecule has 0 saturated carbocycles. The van der Waals surface area contributed by atoms with E-state index in [0.29, 0.717) is 6.04 Å². The number of hydrogen-bond donors (Lipinski definition) is 2. The number of hydrogen-bond acceptors (Lipinski definition) is 5. The molecule has 1 fully saturated rings. The highest BCUT2D eigenvalue weighted by molar-refractivity contribution is 5.31. The van der Waals surface area contributed by atoms with Crippen LogP contribution >= 0.6 is 0 Å². The minimum atomic E-state index is 0.254. The van der Waals surface area contributed by atoms with Crippen LogP contribution < -0.4 is 10.6 Å². The molecule has 1 unspecified atom stereocenters. The fraction of sp³-hybridized carbons (Fsp3) is 0.733. The molecule has 2 rings (SSSR count). The van der Waals surface area contributed by atoms with E-state index in [2.05, 4.69) is 17.6 Å². The predicted molar refractivity (Wildman–Crippen MR) is 79.7 cm³/mol. The van der Waals surface area contributed by atoms with E-state index in [1.807, 2.05) is 25.1 Å². The van der Waals surface area contributed by atoms with E-state index in [4.69, 9.17) is 9.57 Å². The van der Waals surface area contributed by atoms with Crippen molar-refractivity contribution in [2.75, 3.05) is 27.2 Å². The second kappa shape index (κ2) is 6.99. The molecule has 0 aliphatic carbocycles. The van der Waals surface area contributed by atoms with Gasteiger partial charge in [0.15, 0.2) is 0 Å². The van der Waals surface area contributed by atoms with Crippen LogP contribution in [0.4, 0.5) is 0 Å². The average Bonchev–Trinajstić information content (AvgIpc) is 2.94. The summed E-state index contributed by atoms with van der Waals surface area (Å²) in [4.78, 5) is 6.04. The second-order valence-electron chi connectivity index (χ2n) is 5.49. The molecule has 2 heterocycles. The first kappa shape index (κ1) is 15.2. The largest absolute Gasteiger partial charge is 0.497 e. The number of nitrogens with zero attached hydrogens (tertiary/aromatic N) is 1. The van der Waals surface area contributed by atoms with Gasteiger partial charge in [0.25, 0.3) is 0 Å². The molecule has 0 aromatic heterocycles. The van der Waals surface area contributed by atoms with Crippen molar-refractivity contribution in [2.45, 2.75) is 45.3 Å². The van der Waals surface area contributed by atoms with Gasteiger partial charge in [0.1, 0.15) is 11.6 Å². The number of hydroxylamine groups is 2. The van der Waals surface area contributed by atoms with Crippen molar-refractivity contribution in [2.24, 2.45) is 0 Å². The first-order valence-electron chi connectivity index (χ1n) is 7.47. The van der Waals surface area contributed by atoms with E-state index in [9.17, 15) is 0 Å². The van der Waals surface area contributed by atoms with Crippen LogP contribution in [0.5, 0.6) is 0 Å². The van der Waals surface area contributed by atoms with Gasteiger partial charge < -0.3 is 15.4 Å². The third kappa shape index (κ3) is 3.46. The van der Waals surface area contributed by atoms with Crippen LogP contribution in [0.25, 0.3) is 0 Å². The summed E-state index contributed by atoms with van der Waals surface area (Å²) in [6, 6.07) is 0.455. The summed E-state index contributed by atoms with van der Waals surface area (Å²) in [7, 11) is 3.70. The fourth-order valence-corrected chi connectivity index (χ4v) is 2.80. The summed E-state index contributed by atoms with van der Waals surface area (Å²) in [6.07, 6.45) is 5.44. The molecule has 0 bridgehead atoms. The Morgan fingerprint density at radius 3 is 2.80 bits per heavy atom. The van der Waals surface area contributed by atoms with Crippen LogP contribution in [0.3, 0.4) is 0 Å². The summed E-state index contributed by atoms with van der Waals surface area (Å²) in [6.45, 7) is 6.16. The molecule has 0 spiro atoms. The molecule has 2 aliphatic rings. The van der Waals surface area contributed by atoms with Crippen molar-refractivity contribution in [3.63, 3.8) is 0 Å². The molecular weight excluding hydrogens is 254 g/mol. The Bertz CT molecular complexity index is 387. The molecule has 0 radical (unpaired) electrons. The molecule has 0 amide bonds. The van der Waals surface area contributed by atoms with Crippen LogP contribution in [-0.4, -0.2) is 44.5 Å². The average molecular weight is 281 g/mol. The van der Waals surface area contributed by atoms with Gasteiger partial charge in [-0.05, 0) is 45.7 Å². The molecular formula is C15H27N3O2. The minimum Gasteiger partial charge on any atom is -0.497 e. The zero-order valence-corrected chi connectivity index (χ0v) is 13.0. The van der Waals surface area contributed by atoms with Crippen molar-refractivity contribution in [3.8, 4) is 0 Å². The van der Waals surface area contributed by atoms with Gasteiger partial charge in [-0.2, -0.15) is 0 Å². The standard InChI is InChI=1S/C15H27N3O2/c1-5-14(19-4)13-7-6-11(2)17-15(13)18(3)20-12-8-9-16-10-12/h5,11-12,16-17H,6-10H2,1-4H3/b14-5+/t11?,12-/m1/s1. The Hall–Kier alpha value is -1.20. The number of nitrogens with one attached hydrogen (secondary N) is 2. The zero-order valence-electron chi connectivity index (χ0n) is 13.0. The Balaban J connectivity index is 2.16. The summed E-state index contributed by atoms with van der Waals surface area (Å²) < 4.78 is 5.49. The van der Waals surface area contributed by atoms with Gasteiger partial charge in [-0.1, -0.05) is 0 Å². The van der Waals surface area contributed by atoms with E-state index in [1.165, 1.54) is 5.57 Å². The first-order valence-corrected chi connectivity index (χ1v) is 7.47. The van der Waals surface area contributed by atoms with Gasteiger partial charge in [0.05, 0.1) is 13.2 Å². The Kier molecular flexibility index (Phi) is 5.31. The molecule has 2 aliphatic heterocycles. The van der Waals surface area contributed by atoms with Gasteiger partial charge in [0.2, 0.25) is 0 Å². The van der Waals surface area contributed by atoms with Crippen LogP contribution in [-0.2, 0) is 9.57 Å². The van der Waals surface area contributed by atoms with Crippen LogP contribution in [0.15, 0.2) is 23.2 Å². The third-order valence-electron chi connectivity index (χ3n) is 3.91. The summed E-state index contributed by atoms with van der Waals surface area (Å²) in [5.41, 5.74) is 1.20.